The standard InChI is InChI=1S/C16H23N3O2/c1-4-15-17-14(18-21-15)11-19(12-16(2,3)20)10-13-8-6-5-7-9-13/h5-9,20H,4,10-12H2,1-3H3. The Hall–Kier alpha value is -1.72. The predicted octanol–water partition coefficient (Wildman–Crippen LogP) is 2.41. The van der Waals surface area contributed by atoms with E-state index < -0.39 is 5.60 Å². The molecule has 1 N–H and O–H groups in total. The van der Waals surface area contributed by atoms with Crippen molar-refractivity contribution in [2.24, 2.45) is 0 Å². The van der Waals surface area contributed by atoms with Crippen molar-refractivity contribution in [3.05, 3.63) is 47.6 Å². The van der Waals surface area contributed by atoms with E-state index in [1.807, 2.05) is 25.1 Å². The molecule has 1 aromatic heterocycles. The summed E-state index contributed by atoms with van der Waals surface area (Å²) in [4.78, 5) is 6.46. The lowest BCUT2D eigenvalue weighted by atomic mass is 10.1. The summed E-state index contributed by atoms with van der Waals surface area (Å²) < 4.78 is 5.14. The first kappa shape index (κ1) is 15.7. The Bertz CT molecular complexity index is 546. The first-order valence-corrected chi connectivity index (χ1v) is 7.26. The Morgan fingerprint density at radius 1 is 1.19 bits per heavy atom. The van der Waals surface area contributed by atoms with E-state index in [0.717, 1.165) is 13.0 Å². The highest BCUT2D eigenvalue weighted by Gasteiger charge is 2.20. The number of aryl methyl sites for hydroxylation is 1. The maximum atomic E-state index is 10.1. The largest absolute Gasteiger partial charge is 0.389 e. The molecule has 0 amide bonds. The third-order valence-corrected chi connectivity index (χ3v) is 3.04. The fourth-order valence-corrected chi connectivity index (χ4v) is 2.25. The van der Waals surface area contributed by atoms with Gasteiger partial charge in [-0.2, -0.15) is 4.98 Å². The molecule has 2 aromatic rings. The van der Waals surface area contributed by atoms with Gasteiger partial charge in [-0.15, -0.1) is 0 Å². The minimum atomic E-state index is -0.772. The van der Waals surface area contributed by atoms with Gasteiger partial charge in [0.1, 0.15) is 0 Å². The smallest absolute Gasteiger partial charge is 0.226 e. The molecule has 0 saturated carbocycles. The van der Waals surface area contributed by atoms with Gasteiger partial charge in [0.2, 0.25) is 5.89 Å². The van der Waals surface area contributed by atoms with E-state index in [4.69, 9.17) is 4.52 Å². The average molecular weight is 289 g/mol. The molecule has 0 atom stereocenters. The van der Waals surface area contributed by atoms with Gasteiger partial charge in [0.05, 0.1) is 12.1 Å². The van der Waals surface area contributed by atoms with Crippen molar-refractivity contribution >= 4 is 0 Å². The summed E-state index contributed by atoms with van der Waals surface area (Å²) in [5.41, 5.74) is 0.424. The van der Waals surface area contributed by atoms with Crippen LogP contribution in [0.25, 0.3) is 0 Å². The Morgan fingerprint density at radius 3 is 2.48 bits per heavy atom. The van der Waals surface area contributed by atoms with Gasteiger partial charge in [0, 0.05) is 19.5 Å². The SMILES string of the molecule is CCc1nc(CN(Cc2ccccc2)CC(C)(C)O)no1. The number of aliphatic hydroxyl groups is 1. The first-order valence-electron chi connectivity index (χ1n) is 7.26. The maximum Gasteiger partial charge on any atom is 0.226 e. The lowest BCUT2D eigenvalue weighted by Crippen LogP contribution is -2.38. The van der Waals surface area contributed by atoms with Gasteiger partial charge < -0.3 is 9.63 Å². The third-order valence-electron chi connectivity index (χ3n) is 3.04. The second-order valence-electron chi connectivity index (χ2n) is 5.90. The van der Waals surface area contributed by atoms with Crippen LogP contribution in [0.3, 0.4) is 0 Å². The summed E-state index contributed by atoms with van der Waals surface area (Å²) in [6, 6.07) is 10.2. The van der Waals surface area contributed by atoms with Crippen molar-refractivity contribution in [1.29, 1.82) is 0 Å². The summed E-state index contributed by atoms with van der Waals surface area (Å²) >= 11 is 0. The van der Waals surface area contributed by atoms with Crippen LogP contribution in [0.5, 0.6) is 0 Å². The molecule has 5 nitrogen and oxygen atoms in total. The zero-order valence-corrected chi connectivity index (χ0v) is 12.9. The lowest BCUT2D eigenvalue weighted by Gasteiger charge is -2.28. The molecule has 0 unspecified atom stereocenters. The molecular weight excluding hydrogens is 266 g/mol. The van der Waals surface area contributed by atoms with Gasteiger partial charge in [-0.05, 0) is 19.4 Å². The van der Waals surface area contributed by atoms with Crippen LogP contribution in [-0.2, 0) is 19.5 Å². The van der Waals surface area contributed by atoms with Crippen LogP contribution in [0.15, 0.2) is 34.9 Å². The highest BCUT2D eigenvalue weighted by atomic mass is 16.5. The highest BCUT2D eigenvalue weighted by Crippen LogP contribution is 2.13. The van der Waals surface area contributed by atoms with Crippen molar-refractivity contribution in [2.45, 2.75) is 45.9 Å². The molecule has 0 aliphatic heterocycles. The predicted molar refractivity (Wildman–Crippen MR) is 80.5 cm³/mol. The molecule has 1 aromatic carbocycles. The topological polar surface area (TPSA) is 62.4 Å². The Kier molecular flexibility index (Phi) is 5.09. The van der Waals surface area contributed by atoms with Crippen molar-refractivity contribution in [3.8, 4) is 0 Å². The molecule has 21 heavy (non-hydrogen) atoms. The normalized spacial score (nSPS) is 12.0. The second kappa shape index (κ2) is 6.83. The van der Waals surface area contributed by atoms with Gasteiger partial charge in [-0.3, -0.25) is 4.90 Å². The summed E-state index contributed by atoms with van der Waals surface area (Å²) in [6.45, 7) is 7.42. The fraction of sp³-hybridized carbons (Fsp3) is 0.500. The van der Waals surface area contributed by atoms with Gasteiger partial charge >= 0.3 is 0 Å². The Labute approximate surface area is 125 Å². The van der Waals surface area contributed by atoms with Crippen molar-refractivity contribution in [2.75, 3.05) is 6.54 Å². The first-order chi connectivity index (χ1) is 9.96. The van der Waals surface area contributed by atoms with Crippen molar-refractivity contribution < 1.29 is 9.63 Å². The maximum absolute atomic E-state index is 10.1. The van der Waals surface area contributed by atoms with E-state index in [1.54, 1.807) is 13.8 Å². The summed E-state index contributed by atoms with van der Waals surface area (Å²) in [5.74, 6) is 1.31. The third kappa shape index (κ3) is 5.28. The molecule has 5 heteroatoms. The number of aromatic nitrogens is 2. The molecule has 2 rings (SSSR count). The average Bonchev–Trinajstić information content (AvgIpc) is 2.85. The molecule has 0 aliphatic rings. The summed E-state index contributed by atoms with van der Waals surface area (Å²) in [6.07, 6.45) is 0.733. The monoisotopic (exact) mass is 289 g/mol. The van der Waals surface area contributed by atoms with E-state index in [1.165, 1.54) is 5.56 Å². The minimum absolute atomic E-state index is 0.540. The molecule has 0 radical (unpaired) electrons. The van der Waals surface area contributed by atoms with E-state index in [0.29, 0.717) is 24.8 Å². The molecule has 0 fully saturated rings. The summed E-state index contributed by atoms with van der Waals surface area (Å²) in [7, 11) is 0. The van der Waals surface area contributed by atoms with Gasteiger partial charge in [0.25, 0.3) is 0 Å². The van der Waals surface area contributed by atoms with Crippen LogP contribution in [0.1, 0.15) is 38.0 Å². The van der Waals surface area contributed by atoms with Crippen LogP contribution in [0, 0.1) is 0 Å². The molecule has 0 aliphatic carbocycles. The van der Waals surface area contributed by atoms with E-state index in [9.17, 15) is 5.11 Å². The van der Waals surface area contributed by atoms with Crippen LogP contribution < -0.4 is 0 Å². The van der Waals surface area contributed by atoms with Crippen LogP contribution in [0.4, 0.5) is 0 Å². The quantitative estimate of drug-likeness (QED) is 0.848. The number of hydrogen-bond acceptors (Lipinski definition) is 5. The van der Waals surface area contributed by atoms with Crippen molar-refractivity contribution in [3.63, 3.8) is 0 Å². The number of hydrogen-bond donors (Lipinski definition) is 1. The summed E-state index contributed by atoms with van der Waals surface area (Å²) in [5, 5.41) is 14.1. The van der Waals surface area contributed by atoms with Crippen LogP contribution >= 0.6 is 0 Å². The zero-order chi connectivity index (χ0) is 15.3. The van der Waals surface area contributed by atoms with Crippen LogP contribution in [0.2, 0.25) is 0 Å². The molecule has 1 heterocycles. The fourth-order valence-electron chi connectivity index (χ4n) is 2.25. The number of nitrogens with zero attached hydrogens (tertiary/aromatic N) is 3. The molecule has 0 spiro atoms. The van der Waals surface area contributed by atoms with Gasteiger partial charge in [-0.25, -0.2) is 0 Å². The van der Waals surface area contributed by atoms with E-state index >= 15 is 0 Å². The number of rotatable bonds is 7. The minimum Gasteiger partial charge on any atom is -0.389 e. The van der Waals surface area contributed by atoms with E-state index in [2.05, 4.69) is 27.2 Å². The van der Waals surface area contributed by atoms with Gasteiger partial charge in [-0.1, -0.05) is 42.4 Å². The highest BCUT2D eigenvalue weighted by molar-refractivity contribution is 5.14. The zero-order valence-electron chi connectivity index (χ0n) is 12.9. The second-order valence-corrected chi connectivity index (χ2v) is 5.90. The molecule has 0 saturated heterocycles. The van der Waals surface area contributed by atoms with Crippen molar-refractivity contribution in [1.82, 2.24) is 15.0 Å². The molecule has 0 bridgehead atoms. The molecular formula is C16H23N3O2. The Morgan fingerprint density at radius 2 is 1.90 bits per heavy atom. The van der Waals surface area contributed by atoms with Crippen LogP contribution in [-0.4, -0.2) is 32.3 Å². The molecule has 114 valence electrons. The lowest BCUT2D eigenvalue weighted by molar-refractivity contribution is 0.0296. The van der Waals surface area contributed by atoms with Gasteiger partial charge in [0.15, 0.2) is 5.82 Å². The van der Waals surface area contributed by atoms with E-state index in [-0.39, 0.29) is 0 Å². The Balaban J connectivity index is 2.08. The number of benzene rings is 1.